The maximum Gasteiger partial charge on any atom is 0.208 e. The third-order valence-electron chi connectivity index (χ3n) is 4.52. The van der Waals surface area contributed by atoms with Gasteiger partial charge in [0.15, 0.2) is 0 Å². The molecule has 0 spiro atoms. The van der Waals surface area contributed by atoms with E-state index in [1.54, 1.807) is 6.20 Å². The van der Waals surface area contributed by atoms with Crippen LogP contribution in [-0.4, -0.2) is 52.2 Å². The van der Waals surface area contributed by atoms with Crippen molar-refractivity contribution < 1.29 is 8.42 Å². The summed E-state index contributed by atoms with van der Waals surface area (Å²) in [5, 5.41) is 1.07. The van der Waals surface area contributed by atoms with E-state index in [4.69, 9.17) is 4.98 Å². The van der Waals surface area contributed by atoms with Crippen molar-refractivity contribution in [3.05, 3.63) is 24.3 Å². The lowest BCUT2D eigenvalue weighted by Crippen LogP contribution is -2.26. The molecule has 4 rings (SSSR count). The molecule has 2 N–H and O–H groups in total. The van der Waals surface area contributed by atoms with Crippen LogP contribution in [0.15, 0.2) is 18.5 Å². The summed E-state index contributed by atoms with van der Waals surface area (Å²) in [4.78, 5) is 12.4. The van der Waals surface area contributed by atoms with Gasteiger partial charge in [-0.1, -0.05) is 0 Å². The van der Waals surface area contributed by atoms with Gasteiger partial charge in [0.25, 0.3) is 0 Å². The number of sulfonamides is 1. The number of aromatic amines is 1. The average molecular weight is 380 g/mol. The second-order valence-corrected chi connectivity index (χ2v) is 9.40. The summed E-state index contributed by atoms with van der Waals surface area (Å²) in [5.41, 5.74) is 2.84. The van der Waals surface area contributed by atoms with Crippen molar-refractivity contribution in [1.82, 2.24) is 24.2 Å². The number of hydrogen-bond donors (Lipinski definition) is 2. The zero-order chi connectivity index (χ0) is 17.4. The Bertz CT molecular complexity index is 1000. The molecule has 0 aromatic carbocycles. The van der Waals surface area contributed by atoms with E-state index >= 15 is 0 Å². The van der Waals surface area contributed by atoms with E-state index in [0.717, 1.165) is 40.1 Å². The Labute approximate surface area is 150 Å². The number of pyridine rings is 1. The van der Waals surface area contributed by atoms with Crippen LogP contribution in [0.25, 0.3) is 22.1 Å². The molecule has 3 aromatic rings. The van der Waals surface area contributed by atoms with Crippen molar-refractivity contribution in [1.29, 1.82) is 0 Å². The number of rotatable bonds is 5. The standard InChI is InChI=1S/C16H21N5O2S2/c1-25(22,23)19-7-5-14-20-13-9-18-16-12(4-6-17-16)15(13)21(14)11-3-2-8-24-10-11/h4,6,9,11,19H,2-3,5,7-8,10H2,1H3,(H,17,18). The second kappa shape index (κ2) is 6.62. The smallest absolute Gasteiger partial charge is 0.208 e. The molecule has 0 radical (unpaired) electrons. The van der Waals surface area contributed by atoms with Crippen molar-refractivity contribution in [2.75, 3.05) is 24.3 Å². The van der Waals surface area contributed by atoms with Crippen LogP contribution in [0.2, 0.25) is 0 Å². The van der Waals surface area contributed by atoms with Crippen LogP contribution in [0.5, 0.6) is 0 Å². The largest absolute Gasteiger partial charge is 0.346 e. The van der Waals surface area contributed by atoms with E-state index < -0.39 is 10.0 Å². The van der Waals surface area contributed by atoms with Crippen molar-refractivity contribution in [3.8, 4) is 0 Å². The summed E-state index contributed by atoms with van der Waals surface area (Å²) < 4.78 is 27.6. The minimum Gasteiger partial charge on any atom is -0.346 e. The lowest BCUT2D eigenvalue weighted by Gasteiger charge is -2.25. The van der Waals surface area contributed by atoms with Gasteiger partial charge in [-0.25, -0.2) is 23.1 Å². The van der Waals surface area contributed by atoms with E-state index in [0.29, 0.717) is 19.0 Å². The maximum absolute atomic E-state index is 11.4. The first-order valence-electron chi connectivity index (χ1n) is 8.38. The number of imidazole rings is 1. The van der Waals surface area contributed by atoms with E-state index in [2.05, 4.69) is 19.3 Å². The first-order chi connectivity index (χ1) is 12.0. The van der Waals surface area contributed by atoms with Gasteiger partial charge in [-0.05, 0) is 24.7 Å². The second-order valence-electron chi connectivity index (χ2n) is 6.42. The molecular weight excluding hydrogens is 358 g/mol. The molecule has 0 aliphatic carbocycles. The van der Waals surface area contributed by atoms with Gasteiger partial charge in [0.2, 0.25) is 10.0 Å². The van der Waals surface area contributed by atoms with Crippen LogP contribution in [0, 0.1) is 0 Å². The number of H-pyrrole nitrogens is 1. The molecule has 0 bridgehead atoms. The van der Waals surface area contributed by atoms with Gasteiger partial charge in [-0.15, -0.1) is 0 Å². The van der Waals surface area contributed by atoms with Gasteiger partial charge in [0, 0.05) is 36.3 Å². The molecule has 25 heavy (non-hydrogen) atoms. The number of nitrogens with zero attached hydrogens (tertiary/aromatic N) is 3. The highest BCUT2D eigenvalue weighted by molar-refractivity contribution is 7.99. The first-order valence-corrected chi connectivity index (χ1v) is 11.4. The molecule has 9 heteroatoms. The van der Waals surface area contributed by atoms with Crippen LogP contribution < -0.4 is 4.72 Å². The molecule has 4 heterocycles. The third-order valence-corrected chi connectivity index (χ3v) is 6.45. The number of aromatic nitrogens is 4. The highest BCUT2D eigenvalue weighted by Gasteiger charge is 2.23. The van der Waals surface area contributed by atoms with E-state index in [1.165, 1.54) is 18.4 Å². The Balaban J connectivity index is 1.80. The summed E-state index contributed by atoms with van der Waals surface area (Å²) in [7, 11) is -3.20. The Morgan fingerprint density at radius 1 is 1.48 bits per heavy atom. The summed E-state index contributed by atoms with van der Waals surface area (Å²) in [5.74, 6) is 3.19. The fourth-order valence-electron chi connectivity index (χ4n) is 3.49. The van der Waals surface area contributed by atoms with E-state index in [-0.39, 0.29) is 0 Å². The fourth-order valence-corrected chi connectivity index (χ4v) is 5.08. The molecule has 1 atom stereocenters. The van der Waals surface area contributed by atoms with Crippen LogP contribution in [0.4, 0.5) is 0 Å². The third kappa shape index (κ3) is 3.40. The fraction of sp³-hybridized carbons (Fsp3) is 0.500. The molecule has 1 unspecified atom stereocenters. The van der Waals surface area contributed by atoms with E-state index in [9.17, 15) is 8.42 Å². The number of fused-ring (bicyclic) bond motifs is 3. The Morgan fingerprint density at radius 3 is 3.12 bits per heavy atom. The van der Waals surface area contributed by atoms with Crippen molar-refractivity contribution in [2.45, 2.75) is 25.3 Å². The van der Waals surface area contributed by atoms with Gasteiger partial charge >= 0.3 is 0 Å². The molecule has 7 nitrogen and oxygen atoms in total. The topological polar surface area (TPSA) is 92.7 Å². The number of thioether (sulfide) groups is 1. The van der Waals surface area contributed by atoms with Gasteiger partial charge in [-0.3, -0.25) is 0 Å². The molecule has 1 saturated heterocycles. The van der Waals surface area contributed by atoms with Gasteiger partial charge in [-0.2, -0.15) is 11.8 Å². The molecule has 3 aromatic heterocycles. The summed E-state index contributed by atoms with van der Waals surface area (Å²) >= 11 is 1.97. The van der Waals surface area contributed by atoms with Crippen LogP contribution in [0.3, 0.4) is 0 Å². The van der Waals surface area contributed by atoms with Gasteiger partial charge in [0.1, 0.15) is 17.0 Å². The number of hydrogen-bond acceptors (Lipinski definition) is 5. The zero-order valence-corrected chi connectivity index (χ0v) is 15.7. The molecule has 134 valence electrons. The quantitative estimate of drug-likeness (QED) is 0.708. The Morgan fingerprint density at radius 2 is 2.36 bits per heavy atom. The lowest BCUT2D eigenvalue weighted by molar-refractivity contribution is 0.493. The SMILES string of the molecule is CS(=O)(=O)NCCc1nc2cnc3[nH]ccc3c2n1C1CCCSC1. The predicted octanol–water partition coefficient (Wildman–Crippen LogP) is 2.07. The summed E-state index contributed by atoms with van der Waals surface area (Å²) in [6.45, 7) is 0.353. The normalized spacial score (nSPS) is 19.0. The Hall–Kier alpha value is -1.58. The lowest BCUT2D eigenvalue weighted by atomic mass is 10.1. The van der Waals surface area contributed by atoms with Crippen molar-refractivity contribution >= 4 is 43.9 Å². The van der Waals surface area contributed by atoms with Crippen LogP contribution in [-0.2, 0) is 16.4 Å². The number of nitrogens with one attached hydrogen (secondary N) is 2. The molecule has 0 saturated carbocycles. The van der Waals surface area contributed by atoms with Crippen LogP contribution in [0.1, 0.15) is 24.7 Å². The molecule has 1 aliphatic heterocycles. The molecule has 1 fully saturated rings. The van der Waals surface area contributed by atoms with E-state index in [1.807, 2.05) is 24.0 Å². The molecule has 1 aliphatic rings. The van der Waals surface area contributed by atoms with Gasteiger partial charge < -0.3 is 9.55 Å². The van der Waals surface area contributed by atoms with Crippen molar-refractivity contribution in [2.24, 2.45) is 0 Å². The van der Waals surface area contributed by atoms with Crippen LogP contribution >= 0.6 is 11.8 Å². The monoisotopic (exact) mass is 379 g/mol. The first kappa shape index (κ1) is 16.9. The minimum absolute atomic E-state index is 0.353. The average Bonchev–Trinajstić information content (AvgIpc) is 3.17. The predicted molar refractivity (Wildman–Crippen MR) is 102 cm³/mol. The molecule has 0 amide bonds. The maximum atomic E-state index is 11.4. The summed E-state index contributed by atoms with van der Waals surface area (Å²) in [6, 6.07) is 2.43. The Kier molecular flexibility index (Phi) is 4.47. The highest BCUT2D eigenvalue weighted by Crippen LogP contribution is 2.33. The minimum atomic E-state index is -3.20. The molecular formula is C16H21N5O2S2. The van der Waals surface area contributed by atoms with Crippen molar-refractivity contribution in [3.63, 3.8) is 0 Å². The zero-order valence-electron chi connectivity index (χ0n) is 14.0. The highest BCUT2D eigenvalue weighted by atomic mass is 32.2. The van der Waals surface area contributed by atoms with Gasteiger partial charge in [0.05, 0.1) is 18.0 Å². The summed E-state index contributed by atoms with van der Waals surface area (Å²) in [6.07, 6.45) is 7.76.